The van der Waals surface area contributed by atoms with Crippen LogP contribution in [0.25, 0.3) is 10.9 Å². The Hall–Kier alpha value is -2.07. The third-order valence-corrected chi connectivity index (χ3v) is 3.87. The highest BCUT2D eigenvalue weighted by atomic mass is 79.9. The zero-order valence-electron chi connectivity index (χ0n) is 10.7. The molecule has 0 aliphatic carbocycles. The van der Waals surface area contributed by atoms with E-state index in [0.717, 1.165) is 26.8 Å². The van der Waals surface area contributed by atoms with E-state index in [2.05, 4.69) is 27.0 Å². The molecule has 0 fully saturated rings. The number of hydrogen-bond acceptors (Lipinski definition) is 3. The van der Waals surface area contributed by atoms with Crippen LogP contribution in [0.5, 0.6) is 5.75 Å². The van der Waals surface area contributed by atoms with Gasteiger partial charge in [0.05, 0.1) is 15.7 Å². The van der Waals surface area contributed by atoms with Gasteiger partial charge in [0.2, 0.25) is 0 Å². The molecule has 100 valence electrons. The van der Waals surface area contributed by atoms with E-state index in [1.165, 1.54) is 0 Å². The summed E-state index contributed by atoms with van der Waals surface area (Å²) in [5.41, 5.74) is 8.34. The number of anilines is 1. The number of nitrogens with zero attached hydrogens (tertiary/aromatic N) is 1. The summed E-state index contributed by atoms with van der Waals surface area (Å²) in [7, 11) is 0. The highest BCUT2D eigenvalue weighted by Gasteiger charge is 2.05. The van der Waals surface area contributed by atoms with Crippen molar-refractivity contribution >= 4 is 32.5 Å². The molecule has 0 radical (unpaired) electrons. The topological polar surface area (TPSA) is 48.1 Å². The smallest absolute Gasteiger partial charge is 0.136 e. The second-order valence-corrected chi connectivity index (χ2v) is 5.24. The van der Waals surface area contributed by atoms with E-state index in [9.17, 15) is 0 Å². The summed E-state index contributed by atoms with van der Waals surface area (Å²) in [5, 5.41) is 1.13. The average molecular weight is 329 g/mol. The minimum atomic E-state index is 0.410. The molecule has 3 nitrogen and oxygen atoms in total. The number of pyridine rings is 1. The quantitative estimate of drug-likeness (QED) is 0.734. The van der Waals surface area contributed by atoms with Crippen LogP contribution in [0.2, 0.25) is 0 Å². The van der Waals surface area contributed by atoms with Crippen molar-refractivity contribution in [1.82, 2.24) is 4.98 Å². The predicted molar refractivity (Wildman–Crippen MR) is 84.6 cm³/mol. The summed E-state index contributed by atoms with van der Waals surface area (Å²) >= 11 is 3.42. The number of fused-ring (bicyclic) bond motifs is 1. The number of aromatic nitrogens is 1. The lowest BCUT2D eigenvalue weighted by Crippen LogP contribution is -2.00. The standard InChI is InChI=1S/C16H13BrN2O/c17-16-13(18)5-3-7-15(16)20-10-12-9-8-11-4-1-2-6-14(11)19-12/h1-9H,10,18H2. The van der Waals surface area contributed by atoms with Gasteiger partial charge in [-0.1, -0.05) is 30.3 Å². The molecule has 3 aromatic rings. The van der Waals surface area contributed by atoms with Gasteiger partial charge >= 0.3 is 0 Å². The van der Waals surface area contributed by atoms with Gasteiger partial charge < -0.3 is 10.5 Å². The highest BCUT2D eigenvalue weighted by molar-refractivity contribution is 9.10. The molecule has 4 heteroatoms. The van der Waals surface area contributed by atoms with Gasteiger partial charge in [0.15, 0.2) is 0 Å². The van der Waals surface area contributed by atoms with Gasteiger partial charge in [0.1, 0.15) is 12.4 Å². The molecule has 0 aliphatic rings. The Morgan fingerprint density at radius 2 is 1.85 bits per heavy atom. The van der Waals surface area contributed by atoms with Crippen LogP contribution >= 0.6 is 15.9 Å². The molecule has 0 saturated carbocycles. The summed E-state index contributed by atoms with van der Waals surface area (Å²) < 4.78 is 6.54. The first-order valence-corrected chi connectivity index (χ1v) is 7.05. The SMILES string of the molecule is Nc1cccc(OCc2ccc3ccccc3n2)c1Br. The van der Waals surface area contributed by atoms with Gasteiger partial charge in [-0.3, -0.25) is 0 Å². The van der Waals surface area contributed by atoms with E-state index in [1.807, 2.05) is 48.5 Å². The first-order valence-electron chi connectivity index (χ1n) is 6.25. The van der Waals surface area contributed by atoms with E-state index >= 15 is 0 Å². The van der Waals surface area contributed by atoms with Crippen LogP contribution in [0, 0.1) is 0 Å². The minimum Gasteiger partial charge on any atom is -0.486 e. The number of nitrogens with two attached hydrogens (primary N) is 1. The predicted octanol–water partition coefficient (Wildman–Crippen LogP) is 4.16. The molecule has 1 aromatic heterocycles. The monoisotopic (exact) mass is 328 g/mol. The number of rotatable bonds is 3. The number of para-hydroxylation sites is 1. The van der Waals surface area contributed by atoms with Crippen molar-refractivity contribution in [2.24, 2.45) is 0 Å². The minimum absolute atomic E-state index is 0.410. The summed E-state index contributed by atoms with van der Waals surface area (Å²) in [5.74, 6) is 0.722. The number of halogens is 1. The Morgan fingerprint density at radius 3 is 2.75 bits per heavy atom. The summed E-state index contributed by atoms with van der Waals surface area (Å²) in [4.78, 5) is 4.57. The Balaban J connectivity index is 1.81. The van der Waals surface area contributed by atoms with E-state index < -0.39 is 0 Å². The Bertz CT molecular complexity index is 758. The first kappa shape index (κ1) is 12.9. The molecular weight excluding hydrogens is 316 g/mol. The Kier molecular flexibility index (Phi) is 3.56. The maximum absolute atomic E-state index is 5.82. The van der Waals surface area contributed by atoms with Crippen LogP contribution in [-0.4, -0.2) is 4.98 Å². The molecule has 0 saturated heterocycles. The van der Waals surface area contributed by atoms with Crippen molar-refractivity contribution in [2.45, 2.75) is 6.61 Å². The third-order valence-electron chi connectivity index (χ3n) is 3.02. The average Bonchev–Trinajstić information content (AvgIpc) is 2.48. The molecule has 20 heavy (non-hydrogen) atoms. The number of benzene rings is 2. The molecule has 0 unspecified atom stereocenters. The highest BCUT2D eigenvalue weighted by Crippen LogP contribution is 2.30. The zero-order valence-corrected chi connectivity index (χ0v) is 12.3. The van der Waals surface area contributed by atoms with Crippen LogP contribution in [0.1, 0.15) is 5.69 Å². The van der Waals surface area contributed by atoms with E-state index in [-0.39, 0.29) is 0 Å². The molecule has 0 amide bonds. The van der Waals surface area contributed by atoms with Crippen molar-refractivity contribution in [1.29, 1.82) is 0 Å². The molecule has 0 aliphatic heterocycles. The lowest BCUT2D eigenvalue weighted by molar-refractivity contribution is 0.300. The van der Waals surface area contributed by atoms with Crippen LogP contribution < -0.4 is 10.5 Å². The number of hydrogen-bond donors (Lipinski definition) is 1. The second-order valence-electron chi connectivity index (χ2n) is 4.44. The van der Waals surface area contributed by atoms with Gasteiger partial charge in [0.25, 0.3) is 0 Å². The van der Waals surface area contributed by atoms with Crippen LogP contribution in [0.3, 0.4) is 0 Å². The van der Waals surface area contributed by atoms with Crippen LogP contribution in [0.4, 0.5) is 5.69 Å². The lowest BCUT2D eigenvalue weighted by Gasteiger charge is -2.09. The van der Waals surface area contributed by atoms with E-state index in [0.29, 0.717) is 12.3 Å². The maximum atomic E-state index is 5.82. The molecule has 3 rings (SSSR count). The van der Waals surface area contributed by atoms with Crippen molar-refractivity contribution in [3.8, 4) is 5.75 Å². The summed E-state index contributed by atoms with van der Waals surface area (Å²) in [6.45, 7) is 0.410. The van der Waals surface area contributed by atoms with Gasteiger partial charge in [-0.25, -0.2) is 4.98 Å². The molecule has 0 bridgehead atoms. The van der Waals surface area contributed by atoms with Gasteiger partial charge in [-0.2, -0.15) is 0 Å². The first-order chi connectivity index (χ1) is 9.74. The van der Waals surface area contributed by atoms with E-state index in [4.69, 9.17) is 10.5 Å². The maximum Gasteiger partial charge on any atom is 0.136 e. The van der Waals surface area contributed by atoms with Crippen molar-refractivity contribution in [3.63, 3.8) is 0 Å². The van der Waals surface area contributed by atoms with Crippen LogP contribution in [0.15, 0.2) is 59.1 Å². The summed E-state index contributed by atoms with van der Waals surface area (Å²) in [6.07, 6.45) is 0. The van der Waals surface area contributed by atoms with Gasteiger partial charge in [-0.05, 0) is 40.2 Å². The Morgan fingerprint density at radius 1 is 1.00 bits per heavy atom. The molecule has 0 atom stereocenters. The lowest BCUT2D eigenvalue weighted by atomic mass is 10.2. The molecule has 2 aromatic carbocycles. The Labute approximate surface area is 125 Å². The van der Waals surface area contributed by atoms with Crippen molar-refractivity contribution in [2.75, 3.05) is 5.73 Å². The molecular formula is C16H13BrN2O. The number of ether oxygens (including phenoxy) is 1. The largest absolute Gasteiger partial charge is 0.486 e. The fourth-order valence-corrected chi connectivity index (χ4v) is 2.36. The van der Waals surface area contributed by atoms with Crippen LogP contribution in [-0.2, 0) is 6.61 Å². The zero-order chi connectivity index (χ0) is 13.9. The van der Waals surface area contributed by atoms with Crippen molar-refractivity contribution in [3.05, 3.63) is 64.8 Å². The normalized spacial score (nSPS) is 10.7. The summed E-state index contributed by atoms with van der Waals surface area (Å²) in [6, 6.07) is 17.6. The van der Waals surface area contributed by atoms with E-state index in [1.54, 1.807) is 0 Å². The molecule has 2 N–H and O–H groups in total. The molecule has 0 spiro atoms. The third kappa shape index (κ3) is 2.60. The molecule has 1 heterocycles. The second kappa shape index (κ2) is 5.51. The fraction of sp³-hybridized carbons (Fsp3) is 0.0625. The van der Waals surface area contributed by atoms with Gasteiger partial charge in [0, 0.05) is 11.1 Å². The van der Waals surface area contributed by atoms with Gasteiger partial charge in [-0.15, -0.1) is 0 Å². The van der Waals surface area contributed by atoms with Crippen molar-refractivity contribution < 1.29 is 4.74 Å². The fourth-order valence-electron chi connectivity index (χ4n) is 1.98. The number of nitrogen functional groups attached to an aromatic ring is 1.